The van der Waals surface area contributed by atoms with E-state index in [1.165, 1.54) is 11.3 Å². The first-order valence-electron chi connectivity index (χ1n) is 5.26. The van der Waals surface area contributed by atoms with Gasteiger partial charge in [-0.3, -0.25) is 0 Å². The fourth-order valence-corrected chi connectivity index (χ4v) is 2.74. The summed E-state index contributed by atoms with van der Waals surface area (Å²) in [5.74, 6) is 0.498. The van der Waals surface area contributed by atoms with Crippen LogP contribution in [0.2, 0.25) is 10.3 Å². The van der Waals surface area contributed by atoms with Crippen molar-refractivity contribution in [3.63, 3.8) is 0 Å². The molecule has 0 fully saturated rings. The van der Waals surface area contributed by atoms with E-state index in [4.69, 9.17) is 23.2 Å². The average molecular weight is 288 g/mol. The Morgan fingerprint density at radius 1 is 1.18 bits per heavy atom. The minimum Gasteiger partial charge on any atom is -0.238 e. The standard InChI is InChI=1S/C11H11Cl2N3S/c1-3-4-7-8(12)15-10(16-9(7)13)11-14-6(2)5-17-11/h5H,3-4H2,1-2H3. The molecule has 3 nitrogen and oxygen atoms in total. The summed E-state index contributed by atoms with van der Waals surface area (Å²) in [4.78, 5) is 12.8. The van der Waals surface area contributed by atoms with Gasteiger partial charge in [0.05, 0.1) is 0 Å². The molecule has 17 heavy (non-hydrogen) atoms. The SMILES string of the molecule is CCCc1c(Cl)nc(-c2nc(C)cs2)nc1Cl. The van der Waals surface area contributed by atoms with E-state index in [-0.39, 0.29) is 0 Å². The van der Waals surface area contributed by atoms with Gasteiger partial charge in [0.2, 0.25) is 0 Å². The van der Waals surface area contributed by atoms with Crippen molar-refractivity contribution in [2.24, 2.45) is 0 Å². The fourth-order valence-electron chi connectivity index (χ4n) is 1.44. The molecule has 0 radical (unpaired) electrons. The Hall–Kier alpha value is -0.710. The highest BCUT2D eigenvalue weighted by Crippen LogP contribution is 2.28. The Labute approximate surface area is 114 Å². The van der Waals surface area contributed by atoms with Crippen LogP contribution in [0.25, 0.3) is 10.8 Å². The molecule has 0 spiro atoms. The number of hydrogen-bond acceptors (Lipinski definition) is 4. The molecular formula is C11H11Cl2N3S. The number of aryl methyl sites for hydroxylation is 1. The first kappa shape index (κ1) is 12.7. The first-order valence-corrected chi connectivity index (χ1v) is 6.89. The molecule has 0 aromatic carbocycles. The van der Waals surface area contributed by atoms with Crippen molar-refractivity contribution in [1.29, 1.82) is 0 Å². The topological polar surface area (TPSA) is 38.7 Å². The fraction of sp³-hybridized carbons (Fsp3) is 0.364. The first-order chi connectivity index (χ1) is 8.11. The molecule has 6 heteroatoms. The van der Waals surface area contributed by atoms with Gasteiger partial charge in [0.15, 0.2) is 10.8 Å². The Kier molecular flexibility index (Phi) is 3.97. The summed E-state index contributed by atoms with van der Waals surface area (Å²) in [7, 11) is 0. The zero-order chi connectivity index (χ0) is 12.4. The quantitative estimate of drug-likeness (QED) is 0.796. The second-order valence-electron chi connectivity index (χ2n) is 3.65. The van der Waals surface area contributed by atoms with E-state index in [0.717, 1.165) is 29.1 Å². The van der Waals surface area contributed by atoms with Crippen LogP contribution in [-0.4, -0.2) is 15.0 Å². The number of rotatable bonds is 3. The summed E-state index contributed by atoms with van der Waals surface area (Å²) in [5.41, 5.74) is 1.76. The van der Waals surface area contributed by atoms with Gasteiger partial charge in [0.1, 0.15) is 10.3 Å². The monoisotopic (exact) mass is 287 g/mol. The van der Waals surface area contributed by atoms with Crippen LogP contribution in [0, 0.1) is 6.92 Å². The maximum absolute atomic E-state index is 6.11. The number of hydrogen-bond donors (Lipinski definition) is 0. The van der Waals surface area contributed by atoms with Gasteiger partial charge < -0.3 is 0 Å². The van der Waals surface area contributed by atoms with Gasteiger partial charge in [-0.2, -0.15) is 0 Å². The molecule has 0 N–H and O–H groups in total. The van der Waals surface area contributed by atoms with Gasteiger partial charge in [-0.05, 0) is 13.3 Å². The predicted octanol–water partition coefficient (Wildman–Crippen LogP) is 4.17. The number of aromatic nitrogens is 3. The van der Waals surface area contributed by atoms with Gasteiger partial charge in [-0.1, -0.05) is 36.5 Å². The zero-order valence-electron chi connectivity index (χ0n) is 9.50. The van der Waals surface area contributed by atoms with E-state index < -0.39 is 0 Å². The van der Waals surface area contributed by atoms with Crippen LogP contribution < -0.4 is 0 Å². The van der Waals surface area contributed by atoms with Crippen LogP contribution in [-0.2, 0) is 6.42 Å². The van der Waals surface area contributed by atoms with Crippen molar-refractivity contribution in [1.82, 2.24) is 15.0 Å². The molecule has 0 saturated carbocycles. The van der Waals surface area contributed by atoms with Crippen LogP contribution in [0.3, 0.4) is 0 Å². The van der Waals surface area contributed by atoms with E-state index >= 15 is 0 Å². The molecule has 0 aliphatic carbocycles. The normalized spacial score (nSPS) is 10.8. The number of thiazole rings is 1. The third kappa shape index (κ3) is 2.76. The maximum Gasteiger partial charge on any atom is 0.191 e. The molecule has 0 unspecified atom stereocenters. The van der Waals surface area contributed by atoms with Crippen molar-refractivity contribution in [2.45, 2.75) is 26.7 Å². The highest BCUT2D eigenvalue weighted by molar-refractivity contribution is 7.13. The molecule has 2 aromatic rings. The lowest BCUT2D eigenvalue weighted by Gasteiger charge is -2.05. The summed E-state index contributed by atoms with van der Waals surface area (Å²) in [5, 5.41) is 3.54. The Morgan fingerprint density at radius 3 is 2.29 bits per heavy atom. The molecule has 0 bridgehead atoms. The van der Waals surface area contributed by atoms with Gasteiger partial charge in [-0.25, -0.2) is 15.0 Å². The smallest absolute Gasteiger partial charge is 0.191 e. The largest absolute Gasteiger partial charge is 0.238 e. The summed E-state index contributed by atoms with van der Waals surface area (Å²) in [6.45, 7) is 3.99. The molecule has 2 rings (SSSR count). The van der Waals surface area contributed by atoms with Crippen molar-refractivity contribution in [3.8, 4) is 10.8 Å². The van der Waals surface area contributed by atoms with Crippen LogP contribution >= 0.6 is 34.5 Å². The van der Waals surface area contributed by atoms with E-state index in [0.29, 0.717) is 16.1 Å². The average Bonchev–Trinajstić information content (AvgIpc) is 2.70. The van der Waals surface area contributed by atoms with Gasteiger partial charge in [0.25, 0.3) is 0 Å². The maximum atomic E-state index is 6.11. The van der Waals surface area contributed by atoms with Crippen LogP contribution in [0.4, 0.5) is 0 Å². The molecule has 0 amide bonds. The molecule has 0 atom stereocenters. The van der Waals surface area contributed by atoms with Crippen molar-refractivity contribution >= 4 is 34.5 Å². The minimum atomic E-state index is 0.426. The molecule has 90 valence electrons. The van der Waals surface area contributed by atoms with Crippen LogP contribution in [0.1, 0.15) is 24.6 Å². The lowest BCUT2D eigenvalue weighted by atomic mass is 10.2. The predicted molar refractivity (Wildman–Crippen MR) is 71.9 cm³/mol. The van der Waals surface area contributed by atoms with Crippen molar-refractivity contribution in [2.75, 3.05) is 0 Å². The minimum absolute atomic E-state index is 0.426. The highest BCUT2D eigenvalue weighted by atomic mass is 35.5. The Balaban J connectivity index is 2.45. The second-order valence-corrected chi connectivity index (χ2v) is 5.23. The van der Waals surface area contributed by atoms with E-state index in [1.807, 2.05) is 12.3 Å². The van der Waals surface area contributed by atoms with Gasteiger partial charge in [-0.15, -0.1) is 11.3 Å². The molecule has 0 saturated heterocycles. The molecular weight excluding hydrogens is 277 g/mol. The van der Waals surface area contributed by atoms with E-state index in [1.54, 1.807) is 0 Å². The second kappa shape index (κ2) is 5.29. The lowest BCUT2D eigenvalue weighted by Crippen LogP contribution is -1.97. The number of halogens is 2. The van der Waals surface area contributed by atoms with E-state index in [2.05, 4.69) is 21.9 Å². The highest BCUT2D eigenvalue weighted by Gasteiger charge is 2.13. The summed E-state index contributed by atoms with van der Waals surface area (Å²) >= 11 is 13.7. The van der Waals surface area contributed by atoms with Crippen molar-refractivity contribution < 1.29 is 0 Å². The third-order valence-electron chi connectivity index (χ3n) is 2.22. The molecule has 2 heterocycles. The van der Waals surface area contributed by atoms with Crippen molar-refractivity contribution in [3.05, 3.63) is 26.9 Å². The van der Waals surface area contributed by atoms with Gasteiger partial charge >= 0.3 is 0 Å². The molecule has 0 aliphatic rings. The van der Waals surface area contributed by atoms with Gasteiger partial charge in [0, 0.05) is 16.6 Å². The zero-order valence-corrected chi connectivity index (χ0v) is 11.8. The van der Waals surface area contributed by atoms with E-state index in [9.17, 15) is 0 Å². The summed E-state index contributed by atoms with van der Waals surface area (Å²) in [6.07, 6.45) is 1.74. The summed E-state index contributed by atoms with van der Waals surface area (Å²) in [6, 6.07) is 0. The van der Waals surface area contributed by atoms with Crippen LogP contribution in [0.15, 0.2) is 5.38 Å². The lowest BCUT2D eigenvalue weighted by molar-refractivity contribution is 0.902. The summed E-state index contributed by atoms with van der Waals surface area (Å²) < 4.78 is 0. The molecule has 0 aliphatic heterocycles. The Morgan fingerprint density at radius 2 is 1.82 bits per heavy atom. The third-order valence-corrected chi connectivity index (χ3v) is 3.80. The Bertz CT molecular complexity index is 516. The number of nitrogens with zero attached hydrogens (tertiary/aromatic N) is 3. The van der Waals surface area contributed by atoms with Crippen LogP contribution in [0.5, 0.6) is 0 Å². The molecule has 2 aromatic heterocycles.